The van der Waals surface area contributed by atoms with Crippen molar-refractivity contribution < 1.29 is 25.5 Å². The number of benzene rings is 9. The van der Waals surface area contributed by atoms with Crippen LogP contribution in [0.5, 0.6) is 28.7 Å². The smallest absolute Gasteiger partial charge is 0.208 e. The predicted octanol–water partition coefficient (Wildman–Crippen LogP) is 13.6. The maximum atomic E-state index is 11.0. The molecule has 12 heteroatoms. The number of hydrogen-bond donors (Lipinski definition) is 7. The number of aromatic nitrogens is 2. The molecule has 0 saturated carbocycles. The Morgan fingerprint density at radius 3 is 1.90 bits per heavy atom. The van der Waals surface area contributed by atoms with Crippen LogP contribution in [0.2, 0.25) is 0 Å². The molecule has 0 spiro atoms. The fraction of sp³-hybridized carbons (Fsp3) is 0. The van der Waals surface area contributed by atoms with Gasteiger partial charge in [0.2, 0.25) is 17.2 Å². The van der Waals surface area contributed by atoms with Crippen molar-refractivity contribution in [2.24, 2.45) is 4.99 Å². The Morgan fingerprint density at radius 1 is 0.515 bits per heavy atom. The van der Waals surface area contributed by atoms with Crippen LogP contribution in [0.25, 0.3) is 91.7 Å². The van der Waals surface area contributed by atoms with Crippen LogP contribution in [-0.4, -0.2) is 45.7 Å². The van der Waals surface area contributed by atoms with Gasteiger partial charge in [0.1, 0.15) is 5.84 Å². The molecule has 0 fully saturated rings. The van der Waals surface area contributed by atoms with E-state index in [4.69, 9.17) is 4.99 Å². The summed E-state index contributed by atoms with van der Waals surface area (Å²) in [5.41, 5.74) is 8.29. The Hall–Kier alpha value is -8.71. The molecule has 3 aromatic heterocycles. The lowest BCUT2D eigenvalue weighted by Crippen LogP contribution is -2.21. The van der Waals surface area contributed by atoms with Gasteiger partial charge >= 0.3 is 0 Å². The van der Waals surface area contributed by atoms with E-state index in [9.17, 15) is 30.9 Å². The number of nitrogens with one attached hydrogen (secondary N) is 2. The molecule has 3 heterocycles. The highest BCUT2D eigenvalue weighted by molar-refractivity contribution is 7.96. The summed E-state index contributed by atoms with van der Waals surface area (Å²) in [4.78, 5) is 5.10. The van der Waals surface area contributed by atoms with E-state index >= 15 is 0 Å². The second kappa shape index (κ2) is 16.0. The average molecular weight is 924 g/mol. The summed E-state index contributed by atoms with van der Waals surface area (Å²) in [5, 5.41) is 68.8. The minimum atomic E-state index is -1.02. The number of aliphatic imine (C=N–C) groups is 1. The number of para-hydroxylation sites is 2. The standard InChI is InChI=1S/C56H37N5O5S2/c57-55(58-56(32-16-5-2-6-17-32)59-68-61-41-23-11-8-19-37(41)47-34(21-13-24-42(47)61)31-14-3-1-4-15-31)39-28-29-43(54-48(39)38-20-9-12-25-45(38)67-54)60-40-22-10-7-18-35(40)36-27-26-33(30-44(36)60)46-49(62)51(64)53(66)52(65)50(46)63/h1-30,62-66H,(H2,57,58,59). The van der Waals surface area contributed by atoms with Gasteiger partial charge in [0.15, 0.2) is 17.3 Å². The summed E-state index contributed by atoms with van der Waals surface area (Å²) in [5.74, 6) is -3.89. The number of amidine groups is 2. The van der Waals surface area contributed by atoms with Gasteiger partial charge in [-0.2, -0.15) is 0 Å². The molecule has 0 bridgehead atoms. The third-order valence-corrected chi connectivity index (χ3v) is 14.6. The third-order valence-electron chi connectivity index (χ3n) is 12.6. The van der Waals surface area contributed by atoms with Crippen molar-refractivity contribution in [1.29, 1.82) is 5.41 Å². The van der Waals surface area contributed by atoms with Crippen LogP contribution in [0.15, 0.2) is 187 Å². The van der Waals surface area contributed by atoms with Crippen molar-refractivity contribution in [3.63, 3.8) is 0 Å². The van der Waals surface area contributed by atoms with Crippen molar-refractivity contribution in [2.45, 2.75) is 0 Å². The van der Waals surface area contributed by atoms with Gasteiger partial charge in [0.25, 0.3) is 0 Å². The van der Waals surface area contributed by atoms with E-state index in [0.29, 0.717) is 22.5 Å². The van der Waals surface area contributed by atoms with E-state index in [1.165, 1.54) is 12.1 Å². The van der Waals surface area contributed by atoms with Crippen LogP contribution >= 0.6 is 23.5 Å². The number of aromatic hydroxyl groups is 5. The van der Waals surface area contributed by atoms with Crippen molar-refractivity contribution in [3.05, 3.63) is 193 Å². The van der Waals surface area contributed by atoms with Gasteiger partial charge in [-0.05, 0) is 59.2 Å². The molecule has 12 aromatic rings. The normalized spacial score (nSPS) is 12.0. The fourth-order valence-corrected chi connectivity index (χ4v) is 11.6. The third kappa shape index (κ3) is 6.33. The minimum absolute atomic E-state index is 0.0630. The Morgan fingerprint density at radius 2 is 1.13 bits per heavy atom. The monoisotopic (exact) mass is 923 g/mol. The molecule has 9 aromatic carbocycles. The van der Waals surface area contributed by atoms with Gasteiger partial charge in [0.05, 0.1) is 50.2 Å². The Balaban J connectivity index is 1.01. The lowest BCUT2D eigenvalue weighted by molar-refractivity contribution is 0.330. The molecule has 10 nitrogen and oxygen atoms in total. The number of thiophene rings is 1. The summed E-state index contributed by atoms with van der Waals surface area (Å²) in [6.07, 6.45) is 0. The molecule has 0 aliphatic rings. The Labute approximate surface area is 396 Å². The quantitative estimate of drug-likeness (QED) is 0.0275. The molecule has 0 radical (unpaired) electrons. The number of fused-ring (bicyclic) bond motifs is 9. The zero-order valence-electron chi connectivity index (χ0n) is 35.7. The zero-order valence-corrected chi connectivity index (χ0v) is 37.3. The van der Waals surface area contributed by atoms with Crippen LogP contribution in [0.4, 0.5) is 0 Å². The molecule has 0 atom stereocenters. The highest BCUT2D eigenvalue weighted by atomic mass is 32.2. The lowest BCUT2D eigenvalue weighted by atomic mass is 10.00. The minimum Gasteiger partial charge on any atom is -0.504 e. The van der Waals surface area contributed by atoms with Crippen LogP contribution in [0.3, 0.4) is 0 Å². The molecule has 0 aliphatic carbocycles. The summed E-state index contributed by atoms with van der Waals surface area (Å²) < 4.78 is 9.81. The number of phenolic OH excluding ortho intramolecular Hbond substituents is 5. The molecule has 7 N–H and O–H groups in total. The molecule has 0 aliphatic heterocycles. The molecule has 68 heavy (non-hydrogen) atoms. The average Bonchev–Trinajstić information content (AvgIpc) is 4.04. The Kier molecular flexibility index (Phi) is 9.60. The van der Waals surface area contributed by atoms with Gasteiger partial charge in [-0.15, -0.1) is 11.3 Å². The van der Waals surface area contributed by atoms with Crippen molar-refractivity contribution in [1.82, 2.24) is 13.3 Å². The first-order valence-electron chi connectivity index (χ1n) is 21.7. The van der Waals surface area contributed by atoms with E-state index in [-0.39, 0.29) is 11.4 Å². The number of hydrogen-bond acceptors (Lipinski definition) is 8. The first kappa shape index (κ1) is 40.8. The summed E-state index contributed by atoms with van der Waals surface area (Å²) in [6, 6.07) is 60.4. The van der Waals surface area contributed by atoms with Crippen molar-refractivity contribution >= 4 is 98.9 Å². The first-order chi connectivity index (χ1) is 33.3. The van der Waals surface area contributed by atoms with Crippen LogP contribution < -0.4 is 4.72 Å². The summed E-state index contributed by atoms with van der Waals surface area (Å²) in [7, 11) is 0. The van der Waals surface area contributed by atoms with Crippen LogP contribution in [-0.2, 0) is 0 Å². The van der Waals surface area contributed by atoms with Gasteiger partial charge in [-0.25, -0.2) is 4.99 Å². The van der Waals surface area contributed by atoms with Crippen LogP contribution in [0, 0.1) is 5.41 Å². The zero-order chi connectivity index (χ0) is 46.2. The number of nitrogens with zero attached hydrogens (tertiary/aromatic N) is 3. The van der Waals surface area contributed by atoms with Crippen molar-refractivity contribution in [2.75, 3.05) is 0 Å². The molecule has 328 valence electrons. The van der Waals surface area contributed by atoms with E-state index in [1.54, 1.807) is 23.5 Å². The van der Waals surface area contributed by atoms with Gasteiger partial charge in [-0.3, -0.25) is 14.1 Å². The maximum absolute atomic E-state index is 11.0. The molecule has 0 saturated heterocycles. The van der Waals surface area contributed by atoms with Crippen LogP contribution in [0.1, 0.15) is 11.1 Å². The fourth-order valence-electron chi connectivity index (χ4n) is 9.48. The lowest BCUT2D eigenvalue weighted by Gasteiger charge is -2.15. The molecular weight excluding hydrogens is 887 g/mol. The first-order valence-corrected chi connectivity index (χ1v) is 23.3. The van der Waals surface area contributed by atoms with Crippen molar-refractivity contribution in [3.8, 4) is 56.7 Å². The summed E-state index contributed by atoms with van der Waals surface area (Å²) in [6.45, 7) is 0. The number of phenols is 5. The van der Waals surface area contributed by atoms with Gasteiger partial charge < -0.3 is 30.1 Å². The SMILES string of the molecule is N=C(N=C(NSn1c2ccccc2c2c(-c3ccccc3)cccc21)c1ccccc1)c1ccc(-n2c3ccccc3c3ccc(-c4c(O)c(O)c(O)c(O)c4O)cc32)c2sc3ccccc3c12. The van der Waals surface area contributed by atoms with E-state index in [2.05, 4.69) is 86.1 Å². The van der Waals surface area contributed by atoms with Gasteiger partial charge in [-0.1, -0.05) is 140 Å². The molecule has 12 rings (SSSR count). The predicted molar refractivity (Wildman–Crippen MR) is 278 cm³/mol. The molecule has 0 amide bonds. The topological polar surface area (TPSA) is 159 Å². The largest absolute Gasteiger partial charge is 0.504 e. The highest BCUT2D eigenvalue weighted by Gasteiger charge is 2.26. The summed E-state index contributed by atoms with van der Waals surface area (Å²) >= 11 is 3.02. The highest BCUT2D eigenvalue weighted by Crippen LogP contribution is 2.55. The second-order valence-electron chi connectivity index (χ2n) is 16.4. The second-order valence-corrected chi connectivity index (χ2v) is 18.2. The van der Waals surface area contributed by atoms with E-state index < -0.39 is 28.7 Å². The van der Waals surface area contributed by atoms with E-state index in [0.717, 1.165) is 80.6 Å². The Bertz CT molecular complexity index is 4040. The van der Waals surface area contributed by atoms with E-state index in [1.807, 2.05) is 97.1 Å². The number of rotatable bonds is 7. The molecule has 0 unspecified atom stereocenters. The maximum Gasteiger partial charge on any atom is 0.208 e. The van der Waals surface area contributed by atoms with Gasteiger partial charge in [0, 0.05) is 48.1 Å². The molecular formula is C56H37N5O5S2.